The van der Waals surface area contributed by atoms with Crippen molar-refractivity contribution in [1.82, 2.24) is 0 Å². The monoisotopic (exact) mass is 183 g/mol. The number of allylic oxidation sites excluding steroid dienone is 3. The summed E-state index contributed by atoms with van der Waals surface area (Å²) in [7, 11) is 0. The lowest BCUT2D eigenvalue weighted by Gasteiger charge is -2.17. The first-order chi connectivity index (χ1) is 5.59. The van der Waals surface area contributed by atoms with E-state index < -0.39 is 0 Å². The highest BCUT2D eigenvalue weighted by Crippen LogP contribution is 2.35. The van der Waals surface area contributed by atoms with Crippen LogP contribution < -0.4 is 5.73 Å². The summed E-state index contributed by atoms with van der Waals surface area (Å²) in [6.45, 7) is 6.69. The zero-order valence-corrected chi connectivity index (χ0v) is 8.87. The Morgan fingerprint density at radius 3 is 2.83 bits per heavy atom. The number of rotatable bonds is 2. The van der Waals surface area contributed by atoms with E-state index in [1.54, 1.807) is 11.8 Å². The predicted octanol–water partition coefficient (Wildman–Crippen LogP) is 3.24. The largest absolute Gasteiger partial charge is 0.394 e. The molecule has 0 saturated carbocycles. The van der Waals surface area contributed by atoms with E-state index in [0.29, 0.717) is 0 Å². The summed E-state index contributed by atoms with van der Waals surface area (Å²) in [5, 5.41) is 0.969. The molecule has 0 aromatic heterocycles. The van der Waals surface area contributed by atoms with Gasteiger partial charge in [-0.15, -0.1) is 0 Å². The van der Waals surface area contributed by atoms with Crippen molar-refractivity contribution in [3.63, 3.8) is 0 Å². The summed E-state index contributed by atoms with van der Waals surface area (Å²) < 4.78 is 0. The van der Waals surface area contributed by atoms with Gasteiger partial charge in [0.2, 0.25) is 0 Å². The molecule has 1 aliphatic rings. The quantitative estimate of drug-likeness (QED) is 0.711. The van der Waals surface area contributed by atoms with Crippen LogP contribution in [-0.4, -0.2) is 0 Å². The second-order valence-electron chi connectivity index (χ2n) is 3.71. The summed E-state index contributed by atoms with van der Waals surface area (Å²) in [4.78, 5) is 1.48. The Morgan fingerprint density at radius 2 is 2.25 bits per heavy atom. The van der Waals surface area contributed by atoms with E-state index in [1.165, 1.54) is 16.9 Å². The Balaban J connectivity index is 2.62. The molecule has 1 rings (SSSR count). The first-order valence-corrected chi connectivity index (χ1v) is 5.23. The van der Waals surface area contributed by atoms with Gasteiger partial charge in [0, 0.05) is 0 Å². The standard InChI is InChI=1S/C10H17NS/c1-7(2)6-9-8(3)4-5-10(11)12-9/h5,7H,4,6,11H2,1-3H3. The average Bonchev–Trinajstić information content (AvgIpc) is 1.96. The van der Waals surface area contributed by atoms with Gasteiger partial charge in [0.05, 0.1) is 5.03 Å². The fourth-order valence-electron chi connectivity index (χ4n) is 1.23. The van der Waals surface area contributed by atoms with Gasteiger partial charge in [-0.05, 0) is 30.6 Å². The Hall–Kier alpha value is -0.370. The minimum Gasteiger partial charge on any atom is -0.394 e. The van der Waals surface area contributed by atoms with E-state index in [9.17, 15) is 0 Å². The topological polar surface area (TPSA) is 26.0 Å². The predicted molar refractivity (Wildman–Crippen MR) is 56.6 cm³/mol. The first kappa shape index (κ1) is 9.72. The third-order valence-corrected chi connectivity index (χ3v) is 3.08. The molecule has 0 bridgehead atoms. The molecular formula is C10H17NS. The van der Waals surface area contributed by atoms with Crippen molar-refractivity contribution in [1.29, 1.82) is 0 Å². The summed E-state index contributed by atoms with van der Waals surface area (Å²) in [5.41, 5.74) is 7.24. The molecule has 0 aliphatic carbocycles. The molecule has 0 amide bonds. The van der Waals surface area contributed by atoms with Crippen molar-refractivity contribution >= 4 is 11.8 Å². The summed E-state index contributed by atoms with van der Waals surface area (Å²) in [6.07, 6.45) is 4.32. The van der Waals surface area contributed by atoms with Gasteiger partial charge in [-0.2, -0.15) is 0 Å². The van der Waals surface area contributed by atoms with E-state index in [-0.39, 0.29) is 0 Å². The molecule has 12 heavy (non-hydrogen) atoms. The lowest BCUT2D eigenvalue weighted by molar-refractivity contribution is 0.654. The molecule has 0 unspecified atom stereocenters. The van der Waals surface area contributed by atoms with Gasteiger partial charge in [-0.3, -0.25) is 0 Å². The third kappa shape index (κ3) is 2.59. The summed E-state index contributed by atoms with van der Waals surface area (Å²) >= 11 is 1.74. The first-order valence-electron chi connectivity index (χ1n) is 4.41. The smallest absolute Gasteiger partial charge is 0.0663 e. The molecule has 0 saturated heterocycles. The van der Waals surface area contributed by atoms with Crippen LogP contribution in [0, 0.1) is 5.92 Å². The Bertz CT molecular complexity index is 226. The number of nitrogens with two attached hydrogens (primary N) is 1. The van der Waals surface area contributed by atoms with Gasteiger partial charge in [0.15, 0.2) is 0 Å². The van der Waals surface area contributed by atoms with Crippen molar-refractivity contribution in [3.05, 3.63) is 21.6 Å². The molecular weight excluding hydrogens is 166 g/mol. The van der Waals surface area contributed by atoms with Crippen molar-refractivity contribution in [3.8, 4) is 0 Å². The molecule has 1 heterocycles. The van der Waals surface area contributed by atoms with Crippen LogP contribution >= 0.6 is 11.8 Å². The Kier molecular flexibility index (Phi) is 3.27. The maximum atomic E-state index is 5.75. The maximum absolute atomic E-state index is 5.75. The SMILES string of the molecule is CC1=C(CC(C)C)SC(N)=CC1. The van der Waals surface area contributed by atoms with E-state index in [2.05, 4.69) is 26.8 Å². The van der Waals surface area contributed by atoms with Gasteiger partial charge >= 0.3 is 0 Å². The van der Waals surface area contributed by atoms with Gasteiger partial charge in [-0.25, -0.2) is 0 Å². The van der Waals surface area contributed by atoms with Crippen LogP contribution in [0.4, 0.5) is 0 Å². The van der Waals surface area contributed by atoms with E-state index in [0.717, 1.165) is 17.4 Å². The maximum Gasteiger partial charge on any atom is 0.0663 e. The van der Waals surface area contributed by atoms with Gasteiger partial charge in [0.25, 0.3) is 0 Å². The van der Waals surface area contributed by atoms with Crippen LogP contribution in [0.25, 0.3) is 0 Å². The molecule has 0 atom stereocenters. The van der Waals surface area contributed by atoms with Crippen molar-refractivity contribution < 1.29 is 0 Å². The highest BCUT2D eigenvalue weighted by Gasteiger charge is 2.11. The lowest BCUT2D eigenvalue weighted by atomic mass is 10.1. The minimum absolute atomic E-state index is 0.730. The minimum atomic E-state index is 0.730. The van der Waals surface area contributed by atoms with E-state index in [1.807, 2.05) is 0 Å². The molecule has 0 aromatic rings. The fourth-order valence-corrected chi connectivity index (χ4v) is 2.35. The van der Waals surface area contributed by atoms with Crippen LogP contribution in [0.5, 0.6) is 0 Å². The average molecular weight is 183 g/mol. The van der Waals surface area contributed by atoms with Crippen LogP contribution in [0.15, 0.2) is 21.6 Å². The number of thioether (sulfide) groups is 1. The zero-order chi connectivity index (χ0) is 9.14. The molecule has 2 heteroatoms. The molecule has 0 radical (unpaired) electrons. The molecule has 1 aliphatic heterocycles. The van der Waals surface area contributed by atoms with Crippen LogP contribution in [-0.2, 0) is 0 Å². The van der Waals surface area contributed by atoms with E-state index >= 15 is 0 Å². The zero-order valence-electron chi connectivity index (χ0n) is 8.05. The van der Waals surface area contributed by atoms with Gasteiger partial charge in [0.1, 0.15) is 0 Å². The fraction of sp³-hybridized carbons (Fsp3) is 0.600. The second-order valence-corrected chi connectivity index (χ2v) is 4.88. The Morgan fingerprint density at radius 1 is 1.58 bits per heavy atom. The third-order valence-electron chi connectivity index (χ3n) is 1.92. The molecule has 0 fully saturated rings. The summed E-state index contributed by atoms with van der Waals surface area (Å²) in [6, 6.07) is 0. The van der Waals surface area contributed by atoms with Crippen LogP contribution in [0.3, 0.4) is 0 Å². The molecule has 68 valence electrons. The van der Waals surface area contributed by atoms with E-state index in [4.69, 9.17) is 5.73 Å². The number of hydrogen-bond donors (Lipinski definition) is 1. The Labute approximate surface area is 79.1 Å². The normalized spacial score (nSPS) is 18.5. The molecule has 0 spiro atoms. The molecule has 2 N–H and O–H groups in total. The summed E-state index contributed by atoms with van der Waals surface area (Å²) in [5.74, 6) is 0.730. The lowest BCUT2D eigenvalue weighted by Crippen LogP contribution is -2.01. The number of hydrogen-bond acceptors (Lipinski definition) is 2. The second kappa shape index (κ2) is 4.04. The van der Waals surface area contributed by atoms with Crippen LogP contribution in [0.1, 0.15) is 33.6 Å². The van der Waals surface area contributed by atoms with Gasteiger partial charge < -0.3 is 5.73 Å². The molecule has 1 nitrogen and oxygen atoms in total. The van der Waals surface area contributed by atoms with Crippen molar-refractivity contribution in [2.45, 2.75) is 33.6 Å². The molecule has 0 aromatic carbocycles. The van der Waals surface area contributed by atoms with Crippen molar-refractivity contribution in [2.75, 3.05) is 0 Å². The van der Waals surface area contributed by atoms with Crippen molar-refractivity contribution in [2.24, 2.45) is 11.7 Å². The highest BCUT2D eigenvalue weighted by atomic mass is 32.2. The highest BCUT2D eigenvalue weighted by molar-refractivity contribution is 8.06. The van der Waals surface area contributed by atoms with Crippen LogP contribution in [0.2, 0.25) is 0 Å². The van der Waals surface area contributed by atoms with Gasteiger partial charge in [-0.1, -0.05) is 37.3 Å².